The Hall–Kier alpha value is -3.14. The molecule has 44 heavy (non-hydrogen) atoms. The van der Waals surface area contributed by atoms with Crippen LogP contribution in [-0.2, 0) is 19.7 Å². The molecule has 6 aromatic rings. The van der Waals surface area contributed by atoms with E-state index >= 15 is 0 Å². The van der Waals surface area contributed by atoms with Crippen molar-refractivity contribution in [3.05, 3.63) is 78.4 Å². The van der Waals surface area contributed by atoms with E-state index < -0.39 is 5.56 Å². The number of aromatic nitrogens is 12. The van der Waals surface area contributed by atoms with Crippen LogP contribution >= 0.6 is 0 Å². The molecule has 0 aliphatic carbocycles. The van der Waals surface area contributed by atoms with Crippen LogP contribution in [-0.4, -0.2) is 64.9 Å². The number of anilines is 1. The number of nitrogens with one attached hydrogen (secondary N) is 3. The molecule has 0 atom stereocenters. The summed E-state index contributed by atoms with van der Waals surface area (Å²) in [7, 11) is 0. The molecule has 0 spiro atoms. The van der Waals surface area contributed by atoms with Crippen LogP contribution in [0.1, 0.15) is 28.7 Å². The van der Waals surface area contributed by atoms with Crippen molar-refractivity contribution in [3.63, 3.8) is 0 Å². The minimum Gasteiger partial charge on any atom is -0.390 e. The van der Waals surface area contributed by atoms with Crippen molar-refractivity contribution >= 4 is 39.4 Å². The Morgan fingerprint density at radius 2 is 0.977 bits per heavy atom. The maximum atomic E-state index is 11.4. The molecule has 0 saturated heterocycles. The summed E-state index contributed by atoms with van der Waals surface area (Å²) >= 11 is 0. The van der Waals surface area contributed by atoms with Gasteiger partial charge >= 0.3 is 0 Å². The summed E-state index contributed by atoms with van der Waals surface area (Å²) in [4.78, 5) is 77.2. The topological polar surface area (TPSA) is 313 Å². The molecule has 0 amide bonds. The van der Waals surface area contributed by atoms with Gasteiger partial charge in [-0.25, -0.2) is 39.9 Å². The van der Waals surface area contributed by atoms with Crippen molar-refractivity contribution in [2.45, 2.75) is 33.5 Å². The molecule has 19 nitrogen and oxygen atoms in total. The minimum atomic E-state index is -0.407. The zero-order valence-electron chi connectivity index (χ0n) is 23.0. The number of aromatic amines is 3. The van der Waals surface area contributed by atoms with E-state index in [0.717, 1.165) is 0 Å². The predicted octanol–water partition coefficient (Wildman–Crippen LogP) is -2.25. The van der Waals surface area contributed by atoms with E-state index in [0.29, 0.717) is 40.0 Å². The Kier molecular flexibility index (Phi) is 14.1. The molecule has 6 heterocycles. The molecule has 232 valence electrons. The SMILES string of the molecule is Cc1nc2ncc(CN)nc2c(=O)[nH]1.Cc1nc2ncc(CO)nc2c(=O)[nH]1.NCc1cnc2nc(N)[nH]c(=O)c2n1.[Ar].[Ar]. The van der Waals surface area contributed by atoms with E-state index in [9.17, 15) is 14.4 Å². The van der Waals surface area contributed by atoms with Gasteiger partial charge in [0.15, 0.2) is 33.5 Å². The van der Waals surface area contributed by atoms with Crippen molar-refractivity contribution < 1.29 is 80.6 Å². The number of nitrogen functional groups attached to an aromatic ring is 1. The number of fused-ring (bicyclic) bond motifs is 3. The van der Waals surface area contributed by atoms with Crippen LogP contribution in [0.2, 0.25) is 0 Å². The largest absolute Gasteiger partial charge is 0.390 e. The number of aryl methyl sites for hydroxylation is 2. The first-order chi connectivity index (χ1) is 20.1. The number of hydrogen-bond donors (Lipinski definition) is 7. The van der Waals surface area contributed by atoms with Crippen LogP contribution in [0.5, 0.6) is 0 Å². The van der Waals surface area contributed by atoms with Crippen molar-refractivity contribution in [3.8, 4) is 0 Å². The van der Waals surface area contributed by atoms with Gasteiger partial charge in [0.25, 0.3) is 16.7 Å². The Labute approximate surface area is 306 Å². The Morgan fingerprint density at radius 3 is 1.39 bits per heavy atom. The van der Waals surface area contributed by atoms with Gasteiger partial charge in [0.1, 0.15) is 11.6 Å². The Balaban J connectivity index is 0.000000225. The molecule has 0 saturated carbocycles. The summed E-state index contributed by atoms with van der Waals surface area (Å²) in [6.45, 7) is 3.61. The van der Waals surface area contributed by atoms with Crippen LogP contribution in [0, 0.1) is 89.3 Å². The van der Waals surface area contributed by atoms with Crippen molar-refractivity contribution in [2.24, 2.45) is 11.5 Å². The van der Waals surface area contributed by atoms with Gasteiger partial charge in [0.05, 0.1) is 42.3 Å². The molecule has 0 unspecified atom stereocenters. The molecule has 0 radical (unpaired) electrons. The van der Waals surface area contributed by atoms with E-state index in [2.05, 4.69) is 59.8 Å². The van der Waals surface area contributed by atoms with Gasteiger partial charge in [-0.2, -0.15) is 4.98 Å². The maximum absolute atomic E-state index is 11.4. The standard InChI is InChI=1S/C8H9N5O.C8H8N4O2.C7H8N6O.2Ar/c1-4-11-7-6(8(14)12-4)13-5(2-9)3-10-7;1-4-10-7-6(8(14)11-4)12-5(3-13)2-9-7;8-1-3-2-10-5-4(11-3)6(14)13-7(9)12-5;;/h3H,2,9H2,1H3,(H,10,11,12,14);2,13H,3H2,1H3,(H,9,10,11,14);2H,1,8H2,(H3,9,10,12,13,14);;. The van der Waals surface area contributed by atoms with Crippen molar-refractivity contribution in [1.82, 2.24) is 59.8 Å². The van der Waals surface area contributed by atoms with E-state index in [1.165, 1.54) is 18.6 Å². The molecule has 6 rings (SSSR count). The Bertz CT molecular complexity index is 1850. The number of aliphatic hydroxyl groups excluding tert-OH is 1. The first-order valence-corrected chi connectivity index (χ1v) is 12.1. The molecule has 21 heteroatoms. The number of aliphatic hydroxyl groups is 1. The van der Waals surface area contributed by atoms with Gasteiger partial charge in [0, 0.05) is 88.6 Å². The molecule has 0 aromatic carbocycles. The van der Waals surface area contributed by atoms with Crippen molar-refractivity contribution in [1.29, 1.82) is 0 Å². The third kappa shape index (κ3) is 9.19. The average Bonchev–Trinajstić information content (AvgIpc) is 2.97. The quantitative estimate of drug-likeness (QED) is 0.106. The fraction of sp³-hybridized carbons (Fsp3) is 0.217. The number of nitrogens with zero attached hydrogens (tertiary/aromatic N) is 9. The summed E-state index contributed by atoms with van der Waals surface area (Å²) < 4.78 is 0. The smallest absolute Gasteiger partial charge is 0.280 e. The fourth-order valence-corrected chi connectivity index (χ4v) is 3.37. The molecule has 10 N–H and O–H groups in total. The summed E-state index contributed by atoms with van der Waals surface area (Å²) in [5, 5.41) is 8.81. The van der Waals surface area contributed by atoms with E-state index in [-0.39, 0.29) is 134 Å². The summed E-state index contributed by atoms with van der Waals surface area (Å²) in [5.74, 6) is 1.04. The number of H-pyrrole nitrogens is 3. The summed E-state index contributed by atoms with van der Waals surface area (Å²) in [5.41, 5.74) is 17.9. The zero-order valence-corrected chi connectivity index (χ0v) is 24.4. The molecule has 0 fully saturated rings. The van der Waals surface area contributed by atoms with E-state index in [4.69, 9.17) is 22.3 Å². The second kappa shape index (κ2) is 16.8. The fourth-order valence-electron chi connectivity index (χ4n) is 3.37. The monoisotopic (exact) mass is 655 g/mol. The van der Waals surface area contributed by atoms with Gasteiger partial charge in [0.2, 0.25) is 5.95 Å². The predicted molar refractivity (Wildman–Crippen MR) is 149 cm³/mol. The van der Waals surface area contributed by atoms with Crippen LogP contribution in [0.4, 0.5) is 5.95 Å². The number of rotatable bonds is 3. The van der Waals surface area contributed by atoms with Crippen LogP contribution in [0.15, 0.2) is 33.0 Å². The third-order valence-corrected chi connectivity index (χ3v) is 5.24. The van der Waals surface area contributed by atoms with E-state index in [1.54, 1.807) is 13.8 Å². The summed E-state index contributed by atoms with van der Waals surface area (Å²) in [6.07, 6.45) is 4.39. The molecule has 0 aliphatic rings. The normalized spacial score (nSPS) is 10.2. The zero-order chi connectivity index (χ0) is 30.4. The number of hydrogen-bond acceptors (Lipinski definition) is 16. The average molecular weight is 655 g/mol. The third-order valence-electron chi connectivity index (χ3n) is 5.24. The second-order valence-electron chi connectivity index (χ2n) is 8.42. The molecular formula is C23H25Ar2N15O4. The number of nitrogens with two attached hydrogens (primary N) is 3. The first kappa shape index (κ1) is 37.0. The Morgan fingerprint density at radius 1 is 0.614 bits per heavy atom. The summed E-state index contributed by atoms with van der Waals surface area (Å²) in [6, 6.07) is 0. The van der Waals surface area contributed by atoms with Crippen LogP contribution in [0.3, 0.4) is 0 Å². The molecule has 0 bridgehead atoms. The van der Waals surface area contributed by atoms with Gasteiger partial charge in [-0.3, -0.25) is 19.4 Å². The van der Waals surface area contributed by atoms with Crippen LogP contribution < -0.4 is 33.9 Å². The van der Waals surface area contributed by atoms with E-state index in [1.807, 2.05) is 0 Å². The van der Waals surface area contributed by atoms with Gasteiger partial charge in [-0.05, 0) is 13.8 Å². The molecular weight excluding hydrogens is 630 g/mol. The minimum absolute atomic E-state index is 0. The van der Waals surface area contributed by atoms with Gasteiger partial charge < -0.3 is 32.3 Å². The molecule has 0 aliphatic heterocycles. The maximum Gasteiger partial charge on any atom is 0.280 e. The first-order valence-electron chi connectivity index (χ1n) is 12.1. The van der Waals surface area contributed by atoms with Gasteiger partial charge in [-0.15, -0.1) is 0 Å². The second-order valence-corrected chi connectivity index (χ2v) is 8.42. The van der Waals surface area contributed by atoms with Crippen LogP contribution in [0.25, 0.3) is 33.5 Å². The van der Waals surface area contributed by atoms with Gasteiger partial charge in [-0.1, -0.05) is 0 Å². The van der Waals surface area contributed by atoms with Crippen molar-refractivity contribution in [2.75, 3.05) is 5.73 Å². The molecule has 6 aromatic heterocycles.